The lowest BCUT2D eigenvalue weighted by atomic mass is 10.2. The Labute approximate surface area is 152 Å². The van der Waals surface area contributed by atoms with Gasteiger partial charge in [-0.3, -0.25) is 0 Å². The van der Waals surface area contributed by atoms with Gasteiger partial charge in [0.25, 0.3) is 0 Å². The second kappa shape index (κ2) is 12.7. The van der Waals surface area contributed by atoms with Crippen LogP contribution in [0.2, 0.25) is 5.02 Å². The standard InChI is InChI=1S/C17H26ClF2N3O2/c1-3-21-17(22-9-5-4-6-10-24-2)23-12-13-11-14(18)7-8-15(13)25-16(19)20/h7-8,11,16H,3-6,9-10,12H2,1-2H3,(H2,21,22,23). The molecular formula is C17H26ClF2N3O2. The summed E-state index contributed by atoms with van der Waals surface area (Å²) in [4.78, 5) is 4.41. The molecule has 0 amide bonds. The molecule has 1 aromatic carbocycles. The monoisotopic (exact) mass is 377 g/mol. The molecule has 2 N–H and O–H groups in total. The molecule has 142 valence electrons. The Bertz CT molecular complexity index is 531. The number of halogens is 3. The molecule has 0 fully saturated rings. The van der Waals surface area contributed by atoms with Gasteiger partial charge in [0, 0.05) is 37.4 Å². The summed E-state index contributed by atoms with van der Waals surface area (Å²) in [6.07, 6.45) is 3.06. The van der Waals surface area contributed by atoms with Gasteiger partial charge in [-0.25, -0.2) is 4.99 Å². The van der Waals surface area contributed by atoms with Crippen LogP contribution in [-0.2, 0) is 11.3 Å². The second-order valence-corrected chi connectivity index (χ2v) is 5.74. The molecule has 0 saturated carbocycles. The molecule has 5 nitrogen and oxygen atoms in total. The normalized spacial score (nSPS) is 11.7. The number of methoxy groups -OCH3 is 1. The van der Waals surface area contributed by atoms with E-state index in [2.05, 4.69) is 20.4 Å². The van der Waals surface area contributed by atoms with Crippen molar-refractivity contribution in [1.82, 2.24) is 10.6 Å². The highest BCUT2D eigenvalue weighted by atomic mass is 35.5. The van der Waals surface area contributed by atoms with Crippen LogP contribution in [0, 0.1) is 0 Å². The van der Waals surface area contributed by atoms with E-state index in [1.807, 2.05) is 6.92 Å². The highest BCUT2D eigenvalue weighted by Crippen LogP contribution is 2.25. The van der Waals surface area contributed by atoms with E-state index in [-0.39, 0.29) is 12.3 Å². The van der Waals surface area contributed by atoms with Crippen LogP contribution in [0.4, 0.5) is 8.78 Å². The van der Waals surface area contributed by atoms with Crippen molar-refractivity contribution in [2.24, 2.45) is 4.99 Å². The zero-order chi connectivity index (χ0) is 18.5. The number of aliphatic imine (C=N–C) groups is 1. The number of rotatable bonds is 11. The molecule has 0 atom stereocenters. The third kappa shape index (κ3) is 9.45. The molecule has 0 aliphatic carbocycles. The third-order valence-corrected chi connectivity index (χ3v) is 3.54. The van der Waals surface area contributed by atoms with Crippen molar-refractivity contribution in [3.05, 3.63) is 28.8 Å². The van der Waals surface area contributed by atoms with E-state index < -0.39 is 6.61 Å². The van der Waals surface area contributed by atoms with E-state index in [1.54, 1.807) is 13.2 Å². The number of hydrogen-bond donors (Lipinski definition) is 2. The van der Waals surface area contributed by atoms with Crippen molar-refractivity contribution in [3.8, 4) is 5.75 Å². The van der Waals surface area contributed by atoms with Gasteiger partial charge < -0.3 is 20.1 Å². The summed E-state index contributed by atoms with van der Waals surface area (Å²) in [5.74, 6) is 0.704. The Kier molecular flexibility index (Phi) is 10.9. The molecule has 1 aromatic rings. The van der Waals surface area contributed by atoms with Gasteiger partial charge in [0.2, 0.25) is 0 Å². The van der Waals surface area contributed by atoms with Gasteiger partial charge in [-0.15, -0.1) is 0 Å². The molecule has 0 aromatic heterocycles. The fourth-order valence-electron chi connectivity index (χ4n) is 2.14. The van der Waals surface area contributed by atoms with Crippen molar-refractivity contribution in [3.63, 3.8) is 0 Å². The van der Waals surface area contributed by atoms with E-state index in [0.717, 1.165) is 32.4 Å². The molecule has 0 saturated heterocycles. The molecular weight excluding hydrogens is 352 g/mol. The highest BCUT2D eigenvalue weighted by Gasteiger charge is 2.10. The Hall–Kier alpha value is -1.60. The fourth-order valence-corrected chi connectivity index (χ4v) is 2.34. The van der Waals surface area contributed by atoms with Crippen molar-refractivity contribution < 1.29 is 18.3 Å². The molecule has 0 aliphatic heterocycles. The predicted octanol–water partition coefficient (Wildman–Crippen LogP) is 3.81. The lowest BCUT2D eigenvalue weighted by molar-refractivity contribution is -0.0504. The maximum atomic E-state index is 12.5. The van der Waals surface area contributed by atoms with Crippen LogP contribution in [0.3, 0.4) is 0 Å². The SMILES string of the molecule is CCNC(=NCc1cc(Cl)ccc1OC(F)F)NCCCCCOC. The summed E-state index contributed by atoms with van der Waals surface area (Å²) >= 11 is 5.94. The summed E-state index contributed by atoms with van der Waals surface area (Å²) in [6.45, 7) is 1.48. The van der Waals surface area contributed by atoms with Crippen LogP contribution in [-0.4, -0.2) is 39.4 Å². The molecule has 1 rings (SSSR count). The van der Waals surface area contributed by atoms with Crippen LogP contribution < -0.4 is 15.4 Å². The van der Waals surface area contributed by atoms with Crippen LogP contribution in [0.5, 0.6) is 5.75 Å². The Balaban J connectivity index is 2.62. The quantitative estimate of drug-likeness (QED) is 0.350. The lowest BCUT2D eigenvalue weighted by Crippen LogP contribution is -2.37. The van der Waals surface area contributed by atoms with E-state index in [4.69, 9.17) is 16.3 Å². The number of unbranched alkanes of at least 4 members (excludes halogenated alkanes) is 2. The van der Waals surface area contributed by atoms with E-state index in [1.165, 1.54) is 12.1 Å². The Morgan fingerprint density at radius 3 is 2.72 bits per heavy atom. The zero-order valence-electron chi connectivity index (χ0n) is 14.7. The molecule has 0 heterocycles. The molecule has 0 radical (unpaired) electrons. The third-order valence-electron chi connectivity index (χ3n) is 3.31. The minimum atomic E-state index is -2.89. The van der Waals surface area contributed by atoms with Crippen LogP contribution in [0.25, 0.3) is 0 Å². The van der Waals surface area contributed by atoms with Crippen molar-refractivity contribution in [2.75, 3.05) is 26.8 Å². The summed E-state index contributed by atoms with van der Waals surface area (Å²) in [5.41, 5.74) is 0.505. The lowest BCUT2D eigenvalue weighted by Gasteiger charge is -2.13. The number of hydrogen-bond acceptors (Lipinski definition) is 3. The summed E-state index contributed by atoms with van der Waals surface area (Å²) in [7, 11) is 1.69. The first kappa shape index (κ1) is 21.4. The number of guanidine groups is 1. The van der Waals surface area contributed by atoms with Gasteiger partial charge in [0.05, 0.1) is 6.54 Å². The molecule has 8 heteroatoms. The molecule has 0 bridgehead atoms. The van der Waals surface area contributed by atoms with Crippen molar-refractivity contribution in [1.29, 1.82) is 0 Å². The van der Waals surface area contributed by atoms with Crippen LogP contribution >= 0.6 is 11.6 Å². The molecule has 0 aliphatic rings. The fraction of sp³-hybridized carbons (Fsp3) is 0.588. The zero-order valence-corrected chi connectivity index (χ0v) is 15.4. The predicted molar refractivity (Wildman–Crippen MR) is 96.6 cm³/mol. The second-order valence-electron chi connectivity index (χ2n) is 5.31. The first-order valence-corrected chi connectivity index (χ1v) is 8.69. The Morgan fingerprint density at radius 2 is 2.04 bits per heavy atom. The summed E-state index contributed by atoms with van der Waals surface area (Å²) in [5, 5.41) is 6.79. The summed E-state index contributed by atoms with van der Waals surface area (Å²) in [6, 6.07) is 4.52. The largest absolute Gasteiger partial charge is 0.434 e. The number of ether oxygens (including phenoxy) is 2. The van der Waals surface area contributed by atoms with Crippen LogP contribution in [0.1, 0.15) is 31.7 Å². The Morgan fingerprint density at radius 1 is 1.24 bits per heavy atom. The maximum Gasteiger partial charge on any atom is 0.387 e. The van der Waals surface area contributed by atoms with Crippen molar-refractivity contribution in [2.45, 2.75) is 39.3 Å². The van der Waals surface area contributed by atoms with Gasteiger partial charge in [-0.05, 0) is 44.4 Å². The first-order chi connectivity index (χ1) is 12.1. The van der Waals surface area contributed by atoms with Gasteiger partial charge in [-0.2, -0.15) is 8.78 Å². The molecule has 0 unspecified atom stereocenters. The molecule has 0 spiro atoms. The number of nitrogens with zero attached hydrogens (tertiary/aromatic N) is 1. The van der Waals surface area contributed by atoms with E-state index in [9.17, 15) is 8.78 Å². The van der Waals surface area contributed by atoms with E-state index in [0.29, 0.717) is 23.1 Å². The number of alkyl halides is 2. The van der Waals surface area contributed by atoms with Gasteiger partial charge in [0.1, 0.15) is 5.75 Å². The van der Waals surface area contributed by atoms with Gasteiger partial charge >= 0.3 is 6.61 Å². The molecule has 25 heavy (non-hydrogen) atoms. The van der Waals surface area contributed by atoms with Gasteiger partial charge in [0.15, 0.2) is 5.96 Å². The average Bonchev–Trinajstić information content (AvgIpc) is 2.57. The number of benzene rings is 1. The van der Waals surface area contributed by atoms with E-state index >= 15 is 0 Å². The average molecular weight is 378 g/mol. The highest BCUT2D eigenvalue weighted by molar-refractivity contribution is 6.30. The smallest absolute Gasteiger partial charge is 0.387 e. The minimum absolute atomic E-state index is 0.0820. The van der Waals surface area contributed by atoms with Crippen LogP contribution in [0.15, 0.2) is 23.2 Å². The topological polar surface area (TPSA) is 54.9 Å². The number of nitrogens with one attached hydrogen (secondary N) is 2. The summed E-state index contributed by atoms with van der Waals surface area (Å²) < 4.78 is 34.5. The first-order valence-electron chi connectivity index (χ1n) is 8.31. The minimum Gasteiger partial charge on any atom is -0.434 e. The van der Waals surface area contributed by atoms with Gasteiger partial charge in [-0.1, -0.05) is 11.6 Å². The van der Waals surface area contributed by atoms with Crippen molar-refractivity contribution >= 4 is 17.6 Å². The maximum absolute atomic E-state index is 12.5.